The molecule has 1 atom stereocenters. The van der Waals surface area contributed by atoms with Crippen molar-refractivity contribution in [1.82, 2.24) is 9.80 Å². The summed E-state index contributed by atoms with van der Waals surface area (Å²) in [4.78, 5) is 30.0. The highest BCUT2D eigenvalue weighted by atomic mass is 35.5. The van der Waals surface area contributed by atoms with Crippen LogP contribution in [-0.2, 0) is 14.3 Å². The van der Waals surface area contributed by atoms with Crippen LogP contribution in [0.3, 0.4) is 0 Å². The number of aliphatic hydroxyl groups is 1. The fourth-order valence-corrected chi connectivity index (χ4v) is 4.43. The molecule has 2 heterocycles. The maximum Gasteiger partial charge on any atom is 0.295 e. The van der Waals surface area contributed by atoms with Crippen LogP contribution in [0, 0.1) is 0 Å². The monoisotopic (exact) mass is 482 g/mol. The first kappa shape index (κ1) is 24.0. The zero-order chi connectivity index (χ0) is 24.1. The molecule has 0 bridgehead atoms. The van der Waals surface area contributed by atoms with Crippen molar-refractivity contribution in [2.24, 2.45) is 0 Å². The molecule has 4 rings (SSSR count). The minimum Gasteiger partial charge on any atom is -0.507 e. The van der Waals surface area contributed by atoms with E-state index in [1.165, 1.54) is 4.90 Å². The van der Waals surface area contributed by atoms with E-state index in [1.54, 1.807) is 48.5 Å². The third-order valence-corrected chi connectivity index (χ3v) is 6.20. The van der Waals surface area contributed by atoms with Crippen molar-refractivity contribution in [3.63, 3.8) is 0 Å². The van der Waals surface area contributed by atoms with Crippen molar-refractivity contribution in [2.45, 2.75) is 6.04 Å². The Kier molecular flexibility index (Phi) is 7.67. The number of ether oxygens (including phenoxy) is 2. The lowest BCUT2D eigenvalue weighted by molar-refractivity contribution is -0.140. The van der Waals surface area contributed by atoms with E-state index in [0.29, 0.717) is 54.8 Å². The smallest absolute Gasteiger partial charge is 0.295 e. The van der Waals surface area contributed by atoms with E-state index in [9.17, 15) is 14.7 Å². The molecule has 0 radical (unpaired) electrons. The number of aliphatic hydroxyl groups excluding tert-OH is 1. The van der Waals surface area contributed by atoms with Gasteiger partial charge in [-0.1, -0.05) is 36.4 Å². The van der Waals surface area contributed by atoms with E-state index < -0.39 is 17.7 Å². The molecule has 2 aromatic rings. The summed E-state index contributed by atoms with van der Waals surface area (Å²) in [5, 5.41) is 11.7. The van der Waals surface area contributed by atoms with Crippen molar-refractivity contribution in [3.05, 3.63) is 82.9 Å². The molecule has 0 saturated carbocycles. The third-order valence-electron chi connectivity index (χ3n) is 5.96. The fraction of sp³-hybridized carbons (Fsp3) is 0.308. The number of hydrogen-bond donors (Lipinski definition) is 1. The van der Waals surface area contributed by atoms with Crippen LogP contribution in [0.5, 0.6) is 5.75 Å². The van der Waals surface area contributed by atoms with E-state index in [4.69, 9.17) is 21.1 Å². The number of hydrogen-bond acceptors (Lipinski definition) is 6. The molecule has 0 aliphatic carbocycles. The van der Waals surface area contributed by atoms with Crippen molar-refractivity contribution in [3.8, 4) is 5.75 Å². The average molecular weight is 483 g/mol. The second-order valence-corrected chi connectivity index (χ2v) is 8.56. The second-order valence-electron chi connectivity index (χ2n) is 8.13. The van der Waals surface area contributed by atoms with Crippen molar-refractivity contribution in [1.29, 1.82) is 0 Å². The molecule has 0 aromatic heterocycles. The molecule has 2 aliphatic rings. The Morgan fingerprint density at radius 2 is 1.88 bits per heavy atom. The van der Waals surface area contributed by atoms with E-state index in [-0.39, 0.29) is 11.3 Å². The first-order valence-electron chi connectivity index (χ1n) is 11.2. The van der Waals surface area contributed by atoms with Crippen LogP contribution in [0.25, 0.3) is 5.76 Å². The summed E-state index contributed by atoms with van der Waals surface area (Å²) in [6, 6.07) is 13.0. The molecular weight excluding hydrogens is 456 g/mol. The largest absolute Gasteiger partial charge is 0.507 e. The van der Waals surface area contributed by atoms with Gasteiger partial charge in [0.15, 0.2) is 0 Å². The van der Waals surface area contributed by atoms with Crippen molar-refractivity contribution < 1.29 is 24.2 Å². The van der Waals surface area contributed by atoms with Crippen LogP contribution in [0.4, 0.5) is 0 Å². The van der Waals surface area contributed by atoms with Gasteiger partial charge in [-0.25, -0.2) is 0 Å². The lowest BCUT2D eigenvalue weighted by Gasteiger charge is -2.31. The molecule has 2 aliphatic heterocycles. The summed E-state index contributed by atoms with van der Waals surface area (Å²) < 4.78 is 10.9. The van der Waals surface area contributed by atoms with Gasteiger partial charge >= 0.3 is 0 Å². The second kappa shape index (κ2) is 10.9. The lowest BCUT2D eigenvalue weighted by Crippen LogP contribution is -2.42. The number of carbonyl (C=O) groups is 2. The first-order chi connectivity index (χ1) is 16.5. The summed E-state index contributed by atoms with van der Waals surface area (Å²) in [5.41, 5.74) is 1.14. The van der Waals surface area contributed by atoms with Crippen LogP contribution in [0.15, 0.2) is 66.8 Å². The standard InChI is InChI=1S/C26H27ClN2O5/c1-2-14-34-21-8-6-18(7-9-21)24(30)22-23(19-4-3-5-20(27)17-19)29(26(32)25(22)31)11-10-28-12-15-33-16-13-28/h2-9,17,23,30H,1,10-16H2/t23-/m1/s1. The number of benzene rings is 2. The molecule has 1 amide bonds. The highest BCUT2D eigenvalue weighted by Gasteiger charge is 2.46. The summed E-state index contributed by atoms with van der Waals surface area (Å²) in [6.07, 6.45) is 1.64. The molecule has 2 aromatic carbocycles. The van der Waals surface area contributed by atoms with Gasteiger partial charge in [0.05, 0.1) is 24.8 Å². The summed E-state index contributed by atoms with van der Waals surface area (Å²) in [5.74, 6) is -0.969. The minimum atomic E-state index is -0.739. The van der Waals surface area contributed by atoms with Gasteiger partial charge in [0, 0.05) is 36.8 Å². The number of nitrogens with zero attached hydrogens (tertiary/aromatic N) is 2. The maximum atomic E-state index is 13.1. The molecule has 2 fully saturated rings. The number of Topliss-reactive ketones (excluding diaryl/α,β-unsaturated/α-hetero) is 1. The average Bonchev–Trinajstić information content (AvgIpc) is 3.11. The molecule has 0 spiro atoms. The Bertz CT molecular complexity index is 1090. The number of likely N-dealkylation sites (tertiary alicyclic amines) is 1. The minimum absolute atomic E-state index is 0.0500. The number of ketones is 1. The Balaban J connectivity index is 1.69. The van der Waals surface area contributed by atoms with E-state index in [1.807, 2.05) is 6.07 Å². The van der Waals surface area contributed by atoms with Gasteiger partial charge < -0.3 is 19.5 Å². The number of amides is 1. The van der Waals surface area contributed by atoms with Crippen molar-refractivity contribution >= 4 is 29.1 Å². The van der Waals surface area contributed by atoms with E-state index in [0.717, 1.165) is 13.1 Å². The van der Waals surface area contributed by atoms with Gasteiger partial charge in [0.1, 0.15) is 18.1 Å². The highest BCUT2D eigenvalue weighted by Crippen LogP contribution is 2.40. The summed E-state index contributed by atoms with van der Waals surface area (Å²) in [7, 11) is 0. The highest BCUT2D eigenvalue weighted by molar-refractivity contribution is 6.46. The zero-order valence-corrected chi connectivity index (χ0v) is 19.5. The quantitative estimate of drug-likeness (QED) is 0.268. The number of halogens is 1. The van der Waals surface area contributed by atoms with Crippen LogP contribution < -0.4 is 4.74 Å². The zero-order valence-electron chi connectivity index (χ0n) is 18.8. The Labute approximate surface area is 203 Å². The molecule has 7 nitrogen and oxygen atoms in total. The number of morpholine rings is 1. The normalized spacial score (nSPS) is 20.5. The molecule has 178 valence electrons. The molecular formula is C26H27ClN2O5. The molecule has 0 unspecified atom stereocenters. The molecule has 8 heteroatoms. The van der Waals surface area contributed by atoms with Gasteiger partial charge in [-0.3, -0.25) is 14.5 Å². The Morgan fingerprint density at radius 1 is 1.15 bits per heavy atom. The maximum absolute atomic E-state index is 13.1. The number of rotatable bonds is 8. The summed E-state index contributed by atoms with van der Waals surface area (Å²) in [6.45, 7) is 7.74. The fourth-order valence-electron chi connectivity index (χ4n) is 4.23. The van der Waals surface area contributed by atoms with Crippen LogP contribution >= 0.6 is 11.6 Å². The lowest BCUT2D eigenvalue weighted by atomic mass is 9.95. The van der Waals surface area contributed by atoms with Crippen molar-refractivity contribution in [2.75, 3.05) is 46.0 Å². The van der Waals surface area contributed by atoms with Gasteiger partial charge in [-0.15, -0.1) is 0 Å². The van der Waals surface area contributed by atoms with Crippen LogP contribution in [0.1, 0.15) is 17.2 Å². The number of carbonyl (C=O) groups excluding carboxylic acids is 2. The Hall–Kier alpha value is -3.13. The van der Waals surface area contributed by atoms with Gasteiger partial charge in [0.25, 0.3) is 11.7 Å². The third kappa shape index (κ3) is 5.17. The molecule has 2 saturated heterocycles. The first-order valence-corrected chi connectivity index (χ1v) is 11.6. The predicted octanol–water partition coefficient (Wildman–Crippen LogP) is 3.66. The molecule has 34 heavy (non-hydrogen) atoms. The summed E-state index contributed by atoms with van der Waals surface area (Å²) >= 11 is 6.24. The van der Waals surface area contributed by atoms with Gasteiger partial charge in [-0.2, -0.15) is 0 Å². The topological polar surface area (TPSA) is 79.3 Å². The van der Waals surface area contributed by atoms with Crippen LogP contribution in [0.2, 0.25) is 5.02 Å². The van der Waals surface area contributed by atoms with Gasteiger partial charge in [0.2, 0.25) is 0 Å². The van der Waals surface area contributed by atoms with Crippen LogP contribution in [-0.4, -0.2) is 72.6 Å². The van der Waals surface area contributed by atoms with E-state index in [2.05, 4.69) is 11.5 Å². The van der Waals surface area contributed by atoms with E-state index >= 15 is 0 Å². The SMILES string of the molecule is C=CCOc1ccc(C(O)=C2C(=O)C(=O)N(CCN3CCOCC3)[C@@H]2c2cccc(Cl)c2)cc1. The molecule has 1 N–H and O–H groups in total. The Morgan fingerprint density at radius 3 is 2.56 bits per heavy atom. The van der Waals surface area contributed by atoms with Gasteiger partial charge in [-0.05, 0) is 42.0 Å². The predicted molar refractivity (Wildman–Crippen MR) is 130 cm³/mol.